The summed E-state index contributed by atoms with van der Waals surface area (Å²) in [6.45, 7) is 1.18. The van der Waals surface area contributed by atoms with Gasteiger partial charge < -0.3 is 10.2 Å². The van der Waals surface area contributed by atoms with Crippen LogP contribution < -0.4 is 5.32 Å². The number of pyridine rings is 1. The predicted octanol–water partition coefficient (Wildman–Crippen LogP) is 1.36. The van der Waals surface area contributed by atoms with Gasteiger partial charge in [0, 0.05) is 25.5 Å². The molecular formula is C15H21N3O3S. The smallest absolute Gasteiger partial charge is 0.317 e. The molecule has 2 atom stereocenters. The average molecular weight is 323 g/mol. The van der Waals surface area contributed by atoms with Crippen molar-refractivity contribution in [2.24, 2.45) is 5.92 Å². The first-order chi connectivity index (χ1) is 10.6. The van der Waals surface area contributed by atoms with Crippen LogP contribution in [0.4, 0.5) is 4.79 Å². The van der Waals surface area contributed by atoms with Crippen LogP contribution in [0.2, 0.25) is 0 Å². The minimum atomic E-state index is -2.89. The first-order valence-electron chi connectivity index (χ1n) is 7.70. The largest absolute Gasteiger partial charge is 0.338 e. The lowest BCUT2D eigenvalue weighted by molar-refractivity contribution is 0.191. The Hall–Kier alpha value is -1.63. The number of urea groups is 1. The van der Waals surface area contributed by atoms with E-state index in [-0.39, 0.29) is 29.5 Å². The maximum atomic E-state index is 12.4. The van der Waals surface area contributed by atoms with Gasteiger partial charge in [-0.05, 0) is 42.9 Å². The lowest BCUT2D eigenvalue weighted by atomic mass is 10.1. The highest BCUT2D eigenvalue weighted by Crippen LogP contribution is 2.31. The highest BCUT2D eigenvalue weighted by atomic mass is 32.2. The minimum absolute atomic E-state index is 0.0518. The number of sulfone groups is 1. The molecule has 2 aliphatic rings. The van der Waals surface area contributed by atoms with Crippen LogP contribution >= 0.6 is 0 Å². The first kappa shape index (κ1) is 15.3. The normalized spacial score (nSPS) is 27.0. The molecule has 0 saturated carbocycles. The SMILES string of the molecule is O=C(NC[C@H]1CCS(=O)(=O)C1)N1CCC[C@@H]1c1ccncc1. The van der Waals surface area contributed by atoms with E-state index < -0.39 is 9.84 Å². The first-order valence-corrected chi connectivity index (χ1v) is 9.52. The summed E-state index contributed by atoms with van der Waals surface area (Å²) < 4.78 is 22.9. The Bertz CT molecular complexity index is 633. The van der Waals surface area contributed by atoms with Crippen molar-refractivity contribution in [1.29, 1.82) is 0 Å². The summed E-state index contributed by atoms with van der Waals surface area (Å²) in [6, 6.07) is 3.89. The summed E-state index contributed by atoms with van der Waals surface area (Å²) in [6.07, 6.45) is 6.07. The Balaban J connectivity index is 1.58. The molecule has 6 nitrogen and oxygen atoms in total. The van der Waals surface area contributed by atoms with Crippen molar-refractivity contribution in [2.75, 3.05) is 24.6 Å². The zero-order valence-electron chi connectivity index (χ0n) is 12.4. The van der Waals surface area contributed by atoms with Gasteiger partial charge in [-0.15, -0.1) is 0 Å². The van der Waals surface area contributed by atoms with Gasteiger partial charge in [-0.1, -0.05) is 0 Å². The summed E-state index contributed by atoms with van der Waals surface area (Å²) in [5.74, 6) is 0.494. The molecule has 3 heterocycles. The predicted molar refractivity (Wildman–Crippen MR) is 83.1 cm³/mol. The van der Waals surface area contributed by atoms with Crippen LogP contribution in [-0.4, -0.2) is 48.9 Å². The number of nitrogens with one attached hydrogen (secondary N) is 1. The van der Waals surface area contributed by atoms with Crippen LogP contribution in [0, 0.1) is 5.92 Å². The van der Waals surface area contributed by atoms with E-state index in [0.717, 1.165) is 24.9 Å². The Kier molecular flexibility index (Phi) is 4.33. The quantitative estimate of drug-likeness (QED) is 0.911. The Morgan fingerprint density at radius 1 is 1.32 bits per heavy atom. The summed E-state index contributed by atoms with van der Waals surface area (Å²) >= 11 is 0. The zero-order valence-corrected chi connectivity index (χ0v) is 13.3. The number of nitrogens with zero attached hydrogens (tertiary/aromatic N) is 2. The number of carbonyl (C=O) groups is 1. The van der Waals surface area contributed by atoms with Crippen LogP contribution in [0.5, 0.6) is 0 Å². The third kappa shape index (κ3) is 3.40. The van der Waals surface area contributed by atoms with Crippen LogP contribution in [0.1, 0.15) is 30.9 Å². The van der Waals surface area contributed by atoms with Gasteiger partial charge in [0.05, 0.1) is 17.5 Å². The maximum Gasteiger partial charge on any atom is 0.317 e. The van der Waals surface area contributed by atoms with E-state index in [2.05, 4.69) is 10.3 Å². The molecule has 1 N–H and O–H groups in total. The molecule has 1 aromatic heterocycles. The second-order valence-electron chi connectivity index (χ2n) is 6.09. The van der Waals surface area contributed by atoms with E-state index in [1.165, 1.54) is 0 Å². The monoisotopic (exact) mass is 323 g/mol. The molecule has 0 radical (unpaired) electrons. The third-order valence-corrected chi connectivity index (χ3v) is 6.31. The van der Waals surface area contributed by atoms with Crippen molar-refractivity contribution in [1.82, 2.24) is 15.2 Å². The van der Waals surface area contributed by atoms with Crippen molar-refractivity contribution in [3.8, 4) is 0 Å². The molecule has 0 bridgehead atoms. The van der Waals surface area contributed by atoms with Gasteiger partial charge in [-0.25, -0.2) is 13.2 Å². The van der Waals surface area contributed by atoms with Crippen LogP contribution in [0.15, 0.2) is 24.5 Å². The number of hydrogen-bond acceptors (Lipinski definition) is 4. The van der Waals surface area contributed by atoms with Gasteiger partial charge in [-0.2, -0.15) is 0 Å². The number of likely N-dealkylation sites (tertiary alicyclic amines) is 1. The fourth-order valence-electron chi connectivity index (χ4n) is 3.31. The van der Waals surface area contributed by atoms with E-state index >= 15 is 0 Å². The molecule has 7 heteroatoms. The fourth-order valence-corrected chi connectivity index (χ4v) is 5.17. The molecule has 120 valence electrons. The van der Waals surface area contributed by atoms with Gasteiger partial charge in [0.1, 0.15) is 0 Å². The standard InChI is InChI=1S/C15H21N3O3S/c19-15(17-10-12-5-9-22(20,21)11-12)18-8-1-2-14(18)13-3-6-16-7-4-13/h3-4,6-7,12,14H,1-2,5,8-11H2,(H,17,19)/t12-,14-/m1/s1. The number of hydrogen-bond donors (Lipinski definition) is 1. The summed E-state index contributed by atoms with van der Waals surface area (Å²) in [4.78, 5) is 18.3. The van der Waals surface area contributed by atoms with Crippen molar-refractivity contribution in [2.45, 2.75) is 25.3 Å². The van der Waals surface area contributed by atoms with E-state index in [0.29, 0.717) is 13.0 Å². The molecule has 2 amide bonds. The summed E-state index contributed by atoms with van der Waals surface area (Å²) in [5, 5.41) is 2.91. The number of rotatable bonds is 3. The molecule has 3 rings (SSSR count). The zero-order chi connectivity index (χ0) is 15.6. The second-order valence-corrected chi connectivity index (χ2v) is 8.32. The lowest BCUT2D eigenvalue weighted by Crippen LogP contribution is -2.41. The number of carbonyl (C=O) groups excluding carboxylic acids is 1. The maximum absolute atomic E-state index is 12.4. The van der Waals surface area contributed by atoms with Crippen LogP contribution in [0.25, 0.3) is 0 Å². The minimum Gasteiger partial charge on any atom is -0.338 e. The molecule has 0 unspecified atom stereocenters. The Morgan fingerprint density at radius 3 is 2.77 bits per heavy atom. The summed E-state index contributed by atoms with van der Waals surface area (Å²) in [7, 11) is -2.89. The van der Waals surface area contributed by atoms with E-state index in [4.69, 9.17) is 0 Å². The molecule has 22 heavy (non-hydrogen) atoms. The molecule has 2 saturated heterocycles. The van der Waals surface area contributed by atoms with Gasteiger partial charge in [-0.3, -0.25) is 4.98 Å². The average Bonchev–Trinajstić information content (AvgIpc) is 3.12. The fraction of sp³-hybridized carbons (Fsp3) is 0.600. The van der Waals surface area contributed by atoms with E-state index in [1.54, 1.807) is 12.4 Å². The van der Waals surface area contributed by atoms with Crippen molar-refractivity contribution >= 4 is 15.9 Å². The third-order valence-electron chi connectivity index (χ3n) is 4.47. The van der Waals surface area contributed by atoms with Crippen molar-refractivity contribution in [3.05, 3.63) is 30.1 Å². The molecule has 0 aromatic carbocycles. The van der Waals surface area contributed by atoms with E-state index in [9.17, 15) is 13.2 Å². The lowest BCUT2D eigenvalue weighted by Gasteiger charge is -2.25. The molecule has 0 spiro atoms. The molecule has 1 aromatic rings. The number of amides is 2. The van der Waals surface area contributed by atoms with Gasteiger partial charge >= 0.3 is 6.03 Å². The molecular weight excluding hydrogens is 302 g/mol. The number of aromatic nitrogens is 1. The molecule has 0 aliphatic carbocycles. The topological polar surface area (TPSA) is 79.4 Å². The van der Waals surface area contributed by atoms with Gasteiger partial charge in [0.15, 0.2) is 9.84 Å². The Labute approximate surface area is 130 Å². The highest BCUT2D eigenvalue weighted by molar-refractivity contribution is 7.91. The van der Waals surface area contributed by atoms with Crippen LogP contribution in [0.3, 0.4) is 0 Å². The van der Waals surface area contributed by atoms with Crippen molar-refractivity contribution < 1.29 is 13.2 Å². The van der Waals surface area contributed by atoms with E-state index in [1.807, 2.05) is 17.0 Å². The van der Waals surface area contributed by atoms with Crippen molar-refractivity contribution in [3.63, 3.8) is 0 Å². The molecule has 2 fully saturated rings. The van der Waals surface area contributed by atoms with Gasteiger partial charge in [0.2, 0.25) is 0 Å². The van der Waals surface area contributed by atoms with Gasteiger partial charge in [0.25, 0.3) is 0 Å². The summed E-state index contributed by atoms with van der Waals surface area (Å²) in [5.41, 5.74) is 1.10. The Morgan fingerprint density at radius 2 is 2.09 bits per heavy atom. The second kappa shape index (κ2) is 6.24. The molecule has 2 aliphatic heterocycles. The highest BCUT2D eigenvalue weighted by Gasteiger charge is 2.32. The van der Waals surface area contributed by atoms with Crippen LogP contribution in [-0.2, 0) is 9.84 Å².